The molecule has 1 rings (SSSR count). The molecule has 0 aromatic heterocycles. The van der Waals surface area contributed by atoms with Crippen molar-refractivity contribution in [2.24, 2.45) is 5.73 Å². The van der Waals surface area contributed by atoms with E-state index in [9.17, 15) is 0 Å². The third-order valence-corrected chi connectivity index (χ3v) is 2.72. The molecule has 0 aliphatic carbocycles. The summed E-state index contributed by atoms with van der Waals surface area (Å²) < 4.78 is 11.3. The first-order chi connectivity index (χ1) is 8.10. The quantitative estimate of drug-likeness (QED) is 0.827. The van der Waals surface area contributed by atoms with E-state index < -0.39 is 0 Å². The first-order valence-corrected chi connectivity index (χ1v) is 6.14. The fourth-order valence-electron chi connectivity index (χ4n) is 1.81. The average molecular weight is 237 g/mol. The lowest BCUT2D eigenvalue weighted by molar-refractivity contribution is -0.0101. The maximum atomic E-state index is 6.14. The van der Waals surface area contributed by atoms with Crippen LogP contribution >= 0.6 is 0 Å². The molecule has 2 unspecified atom stereocenters. The van der Waals surface area contributed by atoms with Crippen LogP contribution < -0.4 is 10.5 Å². The average Bonchev–Trinajstić information content (AvgIpc) is 2.34. The van der Waals surface area contributed by atoms with Gasteiger partial charge in [0.15, 0.2) is 0 Å². The Morgan fingerprint density at radius 3 is 2.41 bits per heavy atom. The SMILES string of the molecule is CCC(N)C(OC(C)C)c1ccccc1OC. The van der Waals surface area contributed by atoms with Crippen LogP contribution in [0, 0.1) is 0 Å². The molecule has 0 saturated heterocycles. The summed E-state index contributed by atoms with van der Waals surface area (Å²) in [6, 6.07) is 7.87. The van der Waals surface area contributed by atoms with Crippen LogP contribution in [0.2, 0.25) is 0 Å². The van der Waals surface area contributed by atoms with Gasteiger partial charge in [-0.05, 0) is 26.3 Å². The standard InChI is InChI=1S/C14H23NO2/c1-5-12(15)14(17-10(2)3)11-8-6-7-9-13(11)16-4/h6-10,12,14H,5,15H2,1-4H3. The molecule has 2 N–H and O–H groups in total. The van der Waals surface area contributed by atoms with Crippen molar-refractivity contribution in [3.05, 3.63) is 29.8 Å². The van der Waals surface area contributed by atoms with Crippen molar-refractivity contribution in [1.29, 1.82) is 0 Å². The normalized spacial score (nSPS) is 14.7. The largest absolute Gasteiger partial charge is 0.496 e. The van der Waals surface area contributed by atoms with Crippen LogP contribution in [-0.2, 0) is 4.74 Å². The van der Waals surface area contributed by atoms with Gasteiger partial charge in [0.1, 0.15) is 11.9 Å². The molecular weight excluding hydrogens is 214 g/mol. The highest BCUT2D eigenvalue weighted by atomic mass is 16.5. The van der Waals surface area contributed by atoms with E-state index in [0.29, 0.717) is 0 Å². The van der Waals surface area contributed by atoms with E-state index in [1.54, 1.807) is 7.11 Å². The predicted molar refractivity (Wildman–Crippen MR) is 70.2 cm³/mol. The van der Waals surface area contributed by atoms with E-state index in [1.807, 2.05) is 38.1 Å². The molecule has 0 bridgehead atoms. The third-order valence-electron chi connectivity index (χ3n) is 2.72. The van der Waals surface area contributed by atoms with Gasteiger partial charge in [-0.2, -0.15) is 0 Å². The van der Waals surface area contributed by atoms with E-state index in [4.69, 9.17) is 15.2 Å². The molecule has 0 aliphatic rings. The molecule has 0 amide bonds. The van der Waals surface area contributed by atoms with Crippen LogP contribution in [-0.4, -0.2) is 19.3 Å². The highest BCUT2D eigenvalue weighted by Crippen LogP contribution is 2.31. The molecule has 17 heavy (non-hydrogen) atoms. The second-order valence-electron chi connectivity index (χ2n) is 4.42. The second kappa shape index (κ2) is 6.62. The summed E-state index contributed by atoms with van der Waals surface area (Å²) in [5.41, 5.74) is 7.17. The molecule has 1 aromatic carbocycles. The highest BCUT2D eigenvalue weighted by molar-refractivity contribution is 5.36. The Labute approximate surface area is 104 Å². The van der Waals surface area contributed by atoms with Crippen LogP contribution in [0.15, 0.2) is 24.3 Å². The number of para-hydroxylation sites is 1. The number of nitrogens with two attached hydrogens (primary N) is 1. The molecular formula is C14H23NO2. The summed E-state index contributed by atoms with van der Waals surface area (Å²) in [5, 5.41) is 0. The molecule has 96 valence electrons. The number of hydrogen-bond donors (Lipinski definition) is 1. The number of ether oxygens (including phenoxy) is 2. The minimum atomic E-state index is -0.115. The van der Waals surface area contributed by atoms with Crippen LogP contribution in [0.5, 0.6) is 5.75 Å². The van der Waals surface area contributed by atoms with Crippen molar-refractivity contribution in [2.45, 2.75) is 45.4 Å². The van der Waals surface area contributed by atoms with Gasteiger partial charge in [0, 0.05) is 11.6 Å². The summed E-state index contributed by atoms with van der Waals surface area (Å²) in [6.07, 6.45) is 0.897. The van der Waals surface area contributed by atoms with Gasteiger partial charge in [-0.1, -0.05) is 25.1 Å². The van der Waals surface area contributed by atoms with Gasteiger partial charge in [0.2, 0.25) is 0 Å². The summed E-state index contributed by atoms with van der Waals surface area (Å²) in [7, 11) is 1.67. The minimum Gasteiger partial charge on any atom is -0.496 e. The van der Waals surface area contributed by atoms with Crippen molar-refractivity contribution >= 4 is 0 Å². The van der Waals surface area contributed by atoms with Gasteiger partial charge in [-0.3, -0.25) is 0 Å². The van der Waals surface area contributed by atoms with Gasteiger partial charge < -0.3 is 15.2 Å². The summed E-state index contributed by atoms with van der Waals surface area (Å²) >= 11 is 0. The fourth-order valence-corrected chi connectivity index (χ4v) is 1.81. The maximum absolute atomic E-state index is 6.14. The van der Waals surface area contributed by atoms with Crippen LogP contribution in [0.1, 0.15) is 38.9 Å². The van der Waals surface area contributed by atoms with Gasteiger partial charge in [0.05, 0.1) is 13.2 Å². The molecule has 0 spiro atoms. The first-order valence-electron chi connectivity index (χ1n) is 6.14. The molecule has 2 atom stereocenters. The van der Waals surface area contributed by atoms with Crippen molar-refractivity contribution in [3.8, 4) is 5.75 Å². The van der Waals surface area contributed by atoms with E-state index in [1.165, 1.54) is 0 Å². The Morgan fingerprint density at radius 1 is 1.24 bits per heavy atom. The second-order valence-corrected chi connectivity index (χ2v) is 4.42. The van der Waals surface area contributed by atoms with Crippen molar-refractivity contribution < 1.29 is 9.47 Å². The van der Waals surface area contributed by atoms with Gasteiger partial charge in [0.25, 0.3) is 0 Å². The van der Waals surface area contributed by atoms with E-state index >= 15 is 0 Å². The Bertz CT molecular complexity index is 339. The highest BCUT2D eigenvalue weighted by Gasteiger charge is 2.23. The lowest BCUT2D eigenvalue weighted by atomic mass is 9.99. The van der Waals surface area contributed by atoms with Crippen molar-refractivity contribution in [1.82, 2.24) is 0 Å². The zero-order valence-corrected chi connectivity index (χ0v) is 11.1. The summed E-state index contributed by atoms with van der Waals surface area (Å²) in [4.78, 5) is 0. The molecule has 1 aromatic rings. The minimum absolute atomic E-state index is 0.0197. The number of rotatable bonds is 6. The molecule has 0 fully saturated rings. The lowest BCUT2D eigenvalue weighted by Gasteiger charge is -2.27. The maximum Gasteiger partial charge on any atom is 0.124 e. The van der Waals surface area contributed by atoms with Crippen LogP contribution in [0.4, 0.5) is 0 Å². The Kier molecular flexibility index (Phi) is 5.45. The van der Waals surface area contributed by atoms with Crippen molar-refractivity contribution in [3.63, 3.8) is 0 Å². The number of benzene rings is 1. The fraction of sp³-hybridized carbons (Fsp3) is 0.571. The van der Waals surface area contributed by atoms with E-state index in [2.05, 4.69) is 6.92 Å². The Morgan fingerprint density at radius 2 is 1.88 bits per heavy atom. The van der Waals surface area contributed by atoms with Gasteiger partial charge >= 0.3 is 0 Å². The topological polar surface area (TPSA) is 44.5 Å². The van der Waals surface area contributed by atoms with E-state index in [-0.39, 0.29) is 18.2 Å². The zero-order chi connectivity index (χ0) is 12.8. The molecule has 3 nitrogen and oxygen atoms in total. The van der Waals surface area contributed by atoms with Crippen molar-refractivity contribution in [2.75, 3.05) is 7.11 Å². The van der Waals surface area contributed by atoms with Gasteiger partial charge in [-0.15, -0.1) is 0 Å². The molecule has 0 aliphatic heterocycles. The first kappa shape index (κ1) is 14.0. The Hall–Kier alpha value is -1.06. The predicted octanol–water partition coefficient (Wildman–Crippen LogP) is 2.90. The third kappa shape index (κ3) is 3.72. The molecule has 0 radical (unpaired) electrons. The van der Waals surface area contributed by atoms with Crippen LogP contribution in [0.25, 0.3) is 0 Å². The molecule has 0 heterocycles. The van der Waals surface area contributed by atoms with Crippen LogP contribution in [0.3, 0.4) is 0 Å². The van der Waals surface area contributed by atoms with Gasteiger partial charge in [-0.25, -0.2) is 0 Å². The smallest absolute Gasteiger partial charge is 0.124 e. The molecule has 3 heteroatoms. The number of methoxy groups -OCH3 is 1. The lowest BCUT2D eigenvalue weighted by Crippen LogP contribution is -2.31. The number of hydrogen-bond acceptors (Lipinski definition) is 3. The zero-order valence-electron chi connectivity index (χ0n) is 11.1. The monoisotopic (exact) mass is 237 g/mol. The Balaban J connectivity index is 3.03. The summed E-state index contributed by atoms with van der Waals surface area (Å²) in [5.74, 6) is 0.835. The molecule has 0 saturated carbocycles. The van der Waals surface area contributed by atoms with E-state index in [0.717, 1.165) is 17.7 Å². The summed E-state index contributed by atoms with van der Waals surface area (Å²) in [6.45, 7) is 6.10.